The van der Waals surface area contributed by atoms with E-state index in [9.17, 15) is 26.3 Å². The minimum absolute atomic E-state index is 0.662. The van der Waals surface area contributed by atoms with Gasteiger partial charge in [0.2, 0.25) is 0 Å². The second kappa shape index (κ2) is 8.22. The van der Waals surface area contributed by atoms with Gasteiger partial charge in [0, 0.05) is 0 Å². The molecular weight excluding hydrogens is 458 g/mol. The number of benzene rings is 3. The summed E-state index contributed by atoms with van der Waals surface area (Å²) in [6, 6.07) is 18.6. The van der Waals surface area contributed by atoms with Gasteiger partial charge in [-0.05, 0) is 0 Å². The topological polar surface area (TPSA) is 0 Å². The van der Waals surface area contributed by atoms with E-state index in [1.54, 1.807) is 12.1 Å². The summed E-state index contributed by atoms with van der Waals surface area (Å²) in [4.78, 5) is 0. The van der Waals surface area contributed by atoms with Crippen molar-refractivity contribution in [1.29, 1.82) is 0 Å². The fraction of sp³-hybridized carbons (Fsp3) is 0.250. The van der Waals surface area contributed by atoms with Crippen LogP contribution in [0.2, 0.25) is 26.2 Å². The van der Waals surface area contributed by atoms with Crippen molar-refractivity contribution in [2.45, 2.75) is 38.5 Å². The lowest BCUT2D eigenvalue weighted by Gasteiger charge is -2.28. The van der Waals surface area contributed by atoms with Gasteiger partial charge in [-0.15, -0.1) is 0 Å². The van der Waals surface area contributed by atoms with E-state index in [4.69, 9.17) is 0 Å². The summed E-state index contributed by atoms with van der Waals surface area (Å²) in [6.07, 6.45) is -8.80. The maximum atomic E-state index is 13.2. The fourth-order valence-corrected chi connectivity index (χ4v) is 8.53. The van der Waals surface area contributed by atoms with Crippen LogP contribution in [-0.2, 0) is 12.4 Å². The predicted molar refractivity (Wildman–Crippen MR) is 123 cm³/mol. The van der Waals surface area contributed by atoms with E-state index in [1.165, 1.54) is 24.3 Å². The summed E-state index contributed by atoms with van der Waals surface area (Å²) < 4.78 is 78.9. The molecule has 0 saturated carbocycles. The second-order valence-corrected chi connectivity index (χ2v) is 17.8. The zero-order valence-electron chi connectivity index (χ0n) is 18.2. The Hall–Kier alpha value is -2.33. The van der Waals surface area contributed by atoms with Gasteiger partial charge in [0.1, 0.15) is 16.1 Å². The smallest absolute Gasteiger partial charge is 0.166 e. The molecule has 0 amide bonds. The molecular formula is C24H24F6Si2. The summed E-state index contributed by atoms with van der Waals surface area (Å²) in [5, 5.41) is 3.28. The van der Waals surface area contributed by atoms with Gasteiger partial charge in [-0.1, -0.05) is 120 Å². The van der Waals surface area contributed by atoms with Crippen LogP contribution >= 0.6 is 0 Å². The van der Waals surface area contributed by atoms with E-state index in [2.05, 4.69) is 0 Å². The van der Waals surface area contributed by atoms with Crippen LogP contribution in [0.15, 0.2) is 72.8 Å². The largest absolute Gasteiger partial charge is 0.416 e. The van der Waals surface area contributed by atoms with Crippen molar-refractivity contribution >= 4 is 36.9 Å². The van der Waals surface area contributed by atoms with Gasteiger partial charge in [-0.3, -0.25) is 0 Å². The van der Waals surface area contributed by atoms with Gasteiger partial charge in [0.05, 0.1) is 11.1 Å². The van der Waals surface area contributed by atoms with E-state index in [-0.39, 0.29) is 0 Å². The maximum Gasteiger partial charge on any atom is 0.416 e. The van der Waals surface area contributed by atoms with Gasteiger partial charge >= 0.3 is 12.4 Å². The van der Waals surface area contributed by atoms with Crippen LogP contribution in [0.4, 0.5) is 26.3 Å². The summed E-state index contributed by atoms with van der Waals surface area (Å²) in [7, 11) is -4.79. The SMILES string of the molecule is C[Si](C)(c1ccc([Si](C)(C)c2cccc(C(F)(F)F)c2)cc1)c1cccc(C(F)(F)F)c1. The molecule has 3 aromatic carbocycles. The molecule has 170 valence electrons. The third-order valence-corrected chi connectivity index (χ3v) is 13.2. The summed E-state index contributed by atoms with van der Waals surface area (Å²) in [6.45, 7) is 7.97. The Bertz CT molecular complexity index is 1010. The summed E-state index contributed by atoms with van der Waals surface area (Å²) in [5.74, 6) is 0. The molecule has 0 spiro atoms. The molecule has 0 aliphatic heterocycles. The van der Waals surface area contributed by atoms with Crippen molar-refractivity contribution in [3.63, 3.8) is 0 Å². The number of rotatable bonds is 4. The van der Waals surface area contributed by atoms with Crippen LogP contribution in [0.3, 0.4) is 0 Å². The average molecular weight is 483 g/mol. The van der Waals surface area contributed by atoms with Crippen LogP contribution < -0.4 is 20.7 Å². The molecule has 8 heteroatoms. The van der Waals surface area contributed by atoms with Crippen molar-refractivity contribution < 1.29 is 26.3 Å². The van der Waals surface area contributed by atoms with Crippen LogP contribution in [0.1, 0.15) is 11.1 Å². The molecule has 0 aromatic heterocycles. The molecule has 0 nitrogen and oxygen atoms in total. The molecule has 0 aliphatic carbocycles. The molecule has 0 unspecified atom stereocenters. The van der Waals surface area contributed by atoms with Gasteiger partial charge < -0.3 is 0 Å². The lowest BCUT2D eigenvalue weighted by Crippen LogP contribution is -2.56. The quantitative estimate of drug-likeness (QED) is 0.347. The Morgan fingerprint density at radius 2 is 0.781 bits per heavy atom. The van der Waals surface area contributed by atoms with Crippen molar-refractivity contribution in [1.82, 2.24) is 0 Å². The standard InChI is InChI=1S/C24H24F6Si2/c1-31(2,21-9-5-7-17(15-21)23(25,26)27)19-11-13-20(14-12-19)32(3,4)22-10-6-8-18(16-22)24(28,29)30/h5-16H,1-4H3. The van der Waals surface area contributed by atoms with E-state index >= 15 is 0 Å². The zero-order chi connectivity index (χ0) is 23.9. The first-order valence-electron chi connectivity index (χ1n) is 10.1. The van der Waals surface area contributed by atoms with Crippen LogP contribution in [0.5, 0.6) is 0 Å². The zero-order valence-corrected chi connectivity index (χ0v) is 20.2. The lowest BCUT2D eigenvalue weighted by molar-refractivity contribution is -0.138. The Morgan fingerprint density at radius 3 is 1.06 bits per heavy atom. The molecule has 3 rings (SSSR count). The molecule has 0 bridgehead atoms. The Labute approximate surface area is 185 Å². The van der Waals surface area contributed by atoms with Gasteiger partial charge in [0.15, 0.2) is 0 Å². The second-order valence-electron chi connectivity index (χ2n) is 8.98. The number of alkyl halides is 6. The molecule has 0 N–H and O–H groups in total. The molecule has 0 atom stereocenters. The molecule has 0 aliphatic rings. The van der Waals surface area contributed by atoms with E-state index in [0.717, 1.165) is 22.5 Å². The Kier molecular flexibility index (Phi) is 6.25. The minimum atomic E-state index is -4.40. The van der Waals surface area contributed by atoms with Crippen molar-refractivity contribution in [2.24, 2.45) is 0 Å². The highest BCUT2D eigenvalue weighted by atomic mass is 28.3. The van der Waals surface area contributed by atoms with Crippen molar-refractivity contribution in [3.8, 4) is 0 Å². The van der Waals surface area contributed by atoms with Gasteiger partial charge in [0.25, 0.3) is 0 Å². The molecule has 3 aromatic rings. The first-order valence-corrected chi connectivity index (χ1v) is 16.1. The number of hydrogen-bond donors (Lipinski definition) is 0. The van der Waals surface area contributed by atoms with E-state index < -0.39 is 39.6 Å². The van der Waals surface area contributed by atoms with Gasteiger partial charge in [-0.25, -0.2) is 0 Å². The normalized spacial score (nSPS) is 13.3. The third kappa shape index (κ3) is 4.86. The average Bonchev–Trinajstić information content (AvgIpc) is 2.73. The molecule has 0 heterocycles. The van der Waals surface area contributed by atoms with Crippen molar-refractivity contribution in [2.75, 3.05) is 0 Å². The highest BCUT2D eigenvalue weighted by Gasteiger charge is 2.35. The summed E-state index contributed by atoms with van der Waals surface area (Å²) >= 11 is 0. The Morgan fingerprint density at radius 1 is 0.469 bits per heavy atom. The fourth-order valence-electron chi connectivity index (χ4n) is 3.81. The molecule has 32 heavy (non-hydrogen) atoms. The van der Waals surface area contributed by atoms with Crippen LogP contribution in [-0.4, -0.2) is 16.1 Å². The number of halogens is 6. The van der Waals surface area contributed by atoms with Gasteiger partial charge in [-0.2, -0.15) is 26.3 Å². The third-order valence-electron chi connectivity index (χ3n) is 6.15. The summed E-state index contributed by atoms with van der Waals surface area (Å²) in [5.41, 5.74) is -1.32. The van der Waals surface area contributed by atoms with Crippen molar-refractivity contribution in [3.05, 3.63) is 83.9 Å². The van der Waals surface area contributed by atoms with Crippen LogP contribution in [0, 0.1) is 0 Å². The monoisotopic (exact) mass is 482 g/mol. The molecule has 0 fully saturated rings. The maximum absolute atomic E-state index is 13.2. The predicted octanol–water partition coefficient (Wildman–Crippen LogP) is 5.37. The first kappa shape index (κ1) is 24.3. The highest BCUT2D eigenvalue weighted by molar-refractivity contribution is 7.01. The molecule has 0 radical (unpaired) electrons. The minimum Gasteiger partial charge on any atom is -0.166 e. The van der Waals surface area contributed by atoms with Crippen LogP contribution in [0.25, 0.3) is 0 Å². The first-order chi connectivity index (χ1) is 14.6. The lowest BCUT2D eigenvalue weighted by atomic mass is 10.2. The Balaban J connectivity index is 1.95. The van der Waals surface area contributed by atoms with E-state index in [0.29, 0.717) is 10.4 Å². The van der Waals surface area contributed by atoms with E-state index in [1.807, 2.05) is 50.5 Å². The number of hydrogen-bond acceptors (Lipinski definition) is 0. The molecule has 0 saturated heterocycles. The highest BCUT2D eigenvalue weighted by Crippen LogP contribution is 2.29.